The monoisotopic (exact) mass is 245 g/mol. The van der Waals surface area contributed by atoms with Crippen LogP contribution in [0, 0.1) is 5.92 Å². The van der Waals surface area contributed by atoms with E-state index < -0.39 is 0 Å². The summed E-state index contributed by atoms with van der Waals surface area (Å²) in [6.07, 6.45) is 2.33. The van der Waals surface area contributed by atoms with Gasteiger partial charge in [-0.05, 0) is 35.0 Å². The van der Waals surface area contributed by atoms with Gasteiger partial charge in [-0.1, -0.05) is 19.9 Å². The molecule has 0 aliphatic heterocycles. The quantitative estimate of drug-likeness (QED) is 0.888. The number of anilines is 1. The Morgan fingerprint density at radius 2 is 2.33 bits per heavy atom. The van der Waals surface area contributed by atoms with Crippen molar-refractivity contribution < 1.29 is 4.79 Å². The first-order valence-corrected chi connectivity index (χ1v) is 5.85. The van der Waals surface area contributed by atoms with Crippen molar-refractivity contribution in [2.24, 2.45) is 5.92 Å². The minimum atomic E-state index is 0.00157. The predicted octanol–water partition coefficient (Wildman–Crippen LogP) is 1.65. The van der Waals surface area contributed by atoms with Gasteiger partial charge in [-0.25, -0.2) is 4.68 Å². The van der Waals surface area contributed by atoms with Gasteiger partial charge in [-0.3, -0.25) is 4.79 Å². The molecule has 1 N–H and O–H groups in total. The van der Waals surface area contributed by atoms with Gasteiger partial charge >= 0.3 is 0 Å². The Morgan fingerprint density at radius 3 is 3.00 bits per heavy atom. The first-order chi connectivity index (χ1) is 8.70. The molecule has 1 unspecified atom stereocenters. The molecule has 0 aliphatic carbocycles. The maximum atomic E-state index is 11.8. The topological polar surface area (TPSA) is 72.7 Å². The molecule has 0 saturated carbocycles. The lowest BCUT2D eigenvalue weighted by atomic mass is 10.1. The van der Waals surface area contributed by atoms with E-state index in [1.54, 1.807) is 4.68 Å². The second kappa shape index (κ2) is 5.39. The molecular formula is C12H15N5O. The van der Waals surface area contributed by atoms with Gasteiger partial charge in [-0.2, -0.15) is 0 Å². The SMILES string of the molecule is CCC(C)C(=O)Nc1cccc(-n2cnnn2)c1. The fourth-order valence-electron chi connectivity index (χ4n) is 1.46. The summed E-state index contributed by atoms with van der Waals surface area (Å²) >= 11 is 0. The summed E-state index contributed by atoms with van der Waals surface area (Å²) in [5.41, 5.74) is 1.55. The van der Waals surface area contributed by atoms with Gasteiger partial charge in [-0.15, -0.1) is 5.10 Å². The summed E-state index contributed by atoms with van der Waals surface area (Å²) < 4.78 is 1.54. The Kier molecular flexibility index (Phi) is 3.66. The van der Waals surface area contributed by atoms with Crippen LogP contribution in [0.4, 0.5) is 5.69 Å². The highest BCUT2D eigenvalue weighted by Gasteiger charge is 2.10. The van der Waals surface area contributed by atoms with E-state index in [0.29, 0.717) is 0 Å². The highest BCUT2D eigenvalue weighted by molar-refractivity contribution is 5.92. The maximum Gasteiger partial charge on any atom is 0.227 e. The summed E-state index contributed by atoms with van der Waals surface area (Å²) in [5.74, 6) is 0.0214. The van der Waals surface area contributed by atoms with Crippen molar-refractivity contribution in [1.29, 1.82) is 0 Å². The van der Waals surface area contributed by atoms with Gasteiger partial charge in [0.25, 0.3) is 0 Å². The van der Waals surface area contributed by atoms with Crippen molar-refractivity contribution in [3.63, 3.8) is 0 Å². The van der Waals surface area contributed by atoms with E-state index >= 15 is 0 Å². The van der Waals surface area contributed by atoms with Crippen LogP contribution in [-0.2, 0) is 4.79 Å². The van der Waals surface area contributed by atoms with Crippen molar-refractivity contribution in [2.75, 3.05) is 5.32 Å². The van der Waals surface area contributed by atoms with Gasteiger partial charge in [0.2, 0.25) is 5.91 Å². The zero-order valence-corrected chi connectivity index (χ0v) is 10.4. The smallest absolute Gasteiger partial charge is 0.227 e. The summed E-state index contributed by atoms with van der Waals surface area (Å²) in [5, 5.41) is 13.8. The molecule has 1 aromatic carbocycles. The summed E-state index contributed by atoms with van der Waals surface area (Å²) in [7, 11) is 0. The number of carbonyl (C=O) groups is 1. The molecule has 18 heavy (non-hydrogen) atoms. The molecule has 0 aliphatic rings. The molecule has 0 fully saturated rings. The summed E-state index contributed by atoms with van der Waals surface area (Å²) in [6.45, 7) is 3.89. The van der Waals surface area contributed by atoms with Crippen LogP contribution in [0.25, 0.3) is 5.69 Å². The molecule has 1 heterocycles. The number of hydrogen-bond donors (Lipinski definition) is 1. The largest absolute Gasteiger partial charge is 0.326 e. The van der Waals surface area contributed by atoms with E-state index in [4.69, 9.17) is 0 Å². The summed E-state index contributed by atoms with van der Waals surface area (Å²) in [6, 6.07) is 7.39. The van der Waals surface area contributed by atoms with Crippen molar-refractivity contribution in [3.05, 3.63) is 30.6 Å². The number of rotatable bonds is 4. The Bertz CT molecular complexity index is 523. The number of amides is 1. The lowest BCUT2D eigenvalue weighted by Gasteiger charge is -2.10. The zero-order valence-electron chi connectivity index (χ0n) is 10.4. The third-order valence-corrected chi connectivity index (χ3v) is 2.79. The predicted molar refractivity (Wildman–Crippen MR) is 67.2 cm³/mol. The van der Waals surface area contributed by atoms with Crippen LogP contribution in [0.1, 0.15) is 20.3 Å². The fourth-order valence-corrected chi connectivity index (χ4v) is 1.46. The number of nitrogens with zero attached hydrogens (tertiary/aromatic N) is 4. The number of nitrogens with one attached hydrogen (secondary N) is 1. The van der Waals surface area contributed by atoms with E-state index in [1.165, 1.54) is 6.33 Å². The van der Waals surface area contributed by atoms with Crippen LogP contribution < -0.4 is 5.32 Å². The van der Waals surface area contributed by atoms with Crippen LogP contribution >= 0.6 is 0 Å². The average Bonchev–Trinajstić information content (AvgIpc) is 2.92. The van der Waals surface area contributed by atoms with Crippen LogP contribution in [0.15, 0.2) is 30.6 Å². The lowest BCUT2D eigenvalue weighted by molar-refractivity contribution is -0.119. The molecular weight excluding hydrogens is 230 g/mol. The highest BCUT2D eigenvalue weighted by atomic mass is 16.1. The van der Waals surface area contributed by atoms with Gasteiger partial charge in [0.15, 0.2) is 0 Å². The Morgan fingerprint density at radius 1 is 1.50 bits per heavy atom. The van der Waals surface area contributed by atoms with Crippen LogP contribution in [0.5, 0.6) is 0 Å². The number of benzene rings is 1. The van der Waals surface area contributed by atoms with Crippen molar-refractivity contribution in [2.45, 2.75) is 20.3 Å². The minimum absolute atomic E-state index is 0.00157. The molecule has 0 radical (unpaired) electrons. The average molecular weight is 245 g/mol. The summed E-state index contributed by atoms with van der Waals surface area (Å²) in [4.78, 5) is 11.8. The van der Waals surface area contributed by atoms with Crippen LogP contribution in [0.2, 0.25) is 0 Å². The van der Waals surface area contributed by atoms with E-state index in [2.05, 4.69) is 20.8 Å². The van der Waals surface area contributed by atoms with Crippen LogP contribution in [-0.4, -0.2) is 26.1 Å². The number of hydrogen-bond acceptors (Lipinski definition) is 4. The Labute approximate surface area is 105 Å². The molecule has 0 spiro atoms. The normalized spacial score (nSPS) is 12.1. The van der Waals surface area contributed by atoms with Gasteiger partial charge < -0.3 is 5.32 Å². The van der Waals surface area contributed by atoms with E-state index in [1.807, 2.05) is 38.1 Å². The van der Waals surface area contributed by atoms with E-state index in [-0.39, 0.29) is 11.8 Å². The van der Waals surface area contributed by atoms with Crippen LogP contribution in [0.3, 0.4) is 0 Å². The minimum Gasteiger partial charge on any atom is -0.326 e. The lowest BCUT2D eigenvalue weighted by Crippen LogP contribution is -2.19. The highest BCUT2D eigenvalue weighted by Crippen LogP contribution is 2.14. The van der Waals surface area contributed by atoms with Gasteiger partial charge in [0.05, 0.1) is 5.69 Å². The van der Waals surface area contributed by atoms with E-state index in [9.17, 15) is 4.79 Å². The molecule has 2 rings (SSSR count). The third kappa shape index (κ3) is 2.71. The van der Waals surface area contributed by atoms with Crippen molar-refractivity contribution in [3.8, 4) is 5.69 Å². The van der Waals surface area contributed by atoms with Crippen molar-refractivity contribution in [1.82, 2.24) is 20.2 Å². The third-order valence-electron chi connectivity index (χ3n) is 2.79. The molecule has 6 heteroatoms. The standard InChI is InChI=1S/C12H15N5O/c1-3-9(2)12(18)14-10-5-4-6-11(7-10)17-8-13-15-16-17/h4-9H,3H2,1-2H3,(H,14,18). The van der Waals surface area contributed by atoms with Crippen molar-refractivity contribution >= 4 is 11.6 Å². The fraction of sp³-hybridized carbons (Fsp3) is 0.333. The first-order valence-electron chi connectivity index (χ1n) is 5.85. The first kappa shape index (κ1) is 12.2. The van der Waals surface area contributed by atoms with Gasteiger partial charge in [0.1, 0.15) is 6.33 Å². The number of carbonyl (C=O) groups excluding carboxylic acids is 1. The molecule has 94 valence electrons. The zero-order chi connectivity index (χ0) is 13.0. The molecule has 0 saturated heterocycles. The molecule has 1 atom stereocenters. The Hall–Kier alpha value is -2.24. The second-order valence-electron chi connectivity index (χ2n) is 4.10. The molecule has 1 amide bonds. The Balaban J connectivity index is 2.16. The number of aromatic nitrogens is 4. The van der Waals surface area contributed by atoms with Gasteiger partial charge in [0, 0.05) is 11.6 Å². The molecule has 2 aromatic rings. The number of tetrazole rings is 1. The molecule has 0 bridgehead atoms. The maximum absolute atomic E-state index is 11.8. The molecule has 1 aromatic heterocycles. The molecule has 6 nitrogen and oxygen atoms in total. The second-order valence-corrected chi connectivity index (χ2v) is 4.10. The van der Waals surface area contributed by atoms with E-state index in [0.717, 1.165) is 17.8 Å².